The van der Waals surface area contributed by atoms with Gasteiger partial charge in [-0.2, -0.15) is 0 Å². The first kappa shape index (κ1) is 14.1. The highest BCUT2D eigenvalue weighted by molar-refractivity contribution is 9.10. The number of aromatic nitrogens is 2. The molecule has 0 saturated carbocycles. The molecule has 1 aromatic carbocycles. The van der Waals surface area contributed by atoms with E-state index in [1.54, 1.807) is 6.20 Å². The van der Waals surface area contributed by atoms with Crippen molar-refractivity contribution >= 4 is 15.9 Å². The van der Waals surface area contributed by atoms with E-state index < -0.39 is 0 Å². The van der Waals surface area contributed by atoms with Crippen molar-refractivity contribution in [2.24, 2.45) is 0 Å². The Morgan fingerprint density at radius 2 is 2.32 bits per heavy atom. The van der Waals surface area contributed by atoms with Gasteiger partial charge < -0.3 is 14.6 Å². The number of ether oxygens (including phenoxy) is 1. The van der Waals surface area contributed by atoms with Gasteiger partial charge in [-0.05, 0) is 35.5 Å². The number of para-hydroxylation sites is 1. The molecule has 0 aliphatic carbocycles. The second kappa shape index (κ2) is 7.31. The monoisotopic (exact) mass is 323 g/mol. The molecule has 0 amide bonds. The largest absolute Gasteiger partial charge is 0.492 e. The summed E-state index contributed by atoms with van der Waals surface area (Å²) in [6.45, 7) is 2.42. The van der Waals surface area contributed by atoms with Gasteiger partial charge >= 0.3 is 0 Å². The van der Waals surface area contributed by atoms with Gasteiger partial charge in [-0.25, -0.2) is 4.98 Å². The second-order valence-electron chi connectivity index (χ2n) is 4.26. The topological polar surface area (TPSA) is 39.1 Å². The molecule has 2 aromatic rings. The number of halogens is 1. The molecule has 0 aliphatic rings. The standard InChI is InChI=1S/C14H18BrN3O/c1-16-10-12-4-2-5-13(15)14(12)19-9-3-7-18-8-6-17-11-18/h2,4-6,8,11,16H,3,7,9-10H2,1H3. The van der Waals surface area contributed by atoms with Crippen LogP contribution in [-0.4, -0.2) is 23.2 Å². The number of nitrogens with zero attached hydrogens (tertiary/aromatic N) is 2. The number of hydrogen-bond donors (Lipinski definition) is 1. The van der Waals surface area contributed by atoms with E-state index in [1.165, 1.54) is 5.56 Å². The van der Waals surface area contributed by atoms with E-state index in [0.29, 0.717) is 6.61 Å². The molecule has 0 atom stereocenters. The summed E-state index contributed by atoms with van der Waals surface area (Å²) < 4.78 is 8.95. The van der Waals surface area contributed by atoms with Gasteiger partial charge in [0.25, 0.3) is 0 Å². The molecule has 102 valence electrons. The molecule has 0 saturated heterocycles. The second-order valence-corrected chi connectivity index (χ2v) is 5.12. The first-order valence-electron chi connectivity index (χ1n) is 6.32. The molecule has 1 N–H and O–H groups in total. The molecule has 4 nitrogen and oxygen atoms in total. The summed E-state index contributed by atoms with van der Waals surface area (Å²) in [7, 11) is 1.93. The fourth-order valence-corrected chi connectivity index (χ4v) is 2.41. The molecule has 1 heterocycles. The maximum atomic E-state index is 5.90. The summed E-state index contributed by atoms with van der Waals surface area (Å²) in [5.41, 5.74) is 1.17. The van der Waals surface area contributed by atoms with E-state index in [4.69, 9.17) is 4.74 Å². The molecule has 0 spiro atoms. The quantitative estimate of drug-likeness (QED) is 0.796. The maximum Gasteiger partial charge on any atom is 0.137 e. The summed E-state index contributed by atoms with van der Waals surface area (Å²) in [6.07, 6.45) is 6.53. The number of benzene rings is 1. The number of nitrogens with one attached hydrogen (secondary N) is 1. The molecule has 5 heteroatoms. The number of rotatable bonds is 7. The van der Waals surface area contributed by atoms with Gasteiger partial charge in [0, 0.05) is 31.0 Å². The molecule has 0 radical (unpaired) electrons. The molecule has 1 aromatic heterocycles. The van der Waals surface area contributed by atoms with Crippen LogP contribution in [0.5, 0.6) is 5.75 Å². The predicted octanol–water partition coefficient (Wildman–Crippen LogP) is 2.83. The Bertz CT molecular complexity index is 499. The molecule has 19 heavy (non-hydrogen) atoms. The van der Waals surface area contributed by atoms with Gasteiger partial charge in [0.2, 0.25) is 0 Å². The molecule has 0 bridgehead atoms. The average Bonchev–Trinajstić information content (AvgIpc) is 2.90. The number of imidazole rings is 1. The maximum absolute atomic E-state index is 5.90. The normalized spacial score (nSPS) is 10.6. The van der Waals surface area contributed by atoms with E-state index in [9.17, 15) is 0 Å². The molecule has 0 aliphatic heterocycles. The van der Waals surface area contributed by atoms with Crippen molar-refractivity contribution in [3.05, 3.63) is 47.0 Å². The summed E-state index contributed by atoms with van der Waals surface area (Å²) in [5, 5.41) is 3.15. The van der Waals surface area contributed by atoms with Gasteiger partial charge in [0.05, 0.1) is 17.4 Å². The Morgan fingerprint density at radius 3 is 3.05 bits per heavy atom. The van der Waals surface area contributed by atoms with Crippen LogP contribution in [0, 0.1) is 0 Å². The van der Waals surface area contributed by atoms with Gasteiger partial charge in [-0.15, -0.1) is 0 Å². The highest BCUT2D eigenvalue weighted by Gasteiger charge is 2.07. The van der Waals surface area contributed by atoms with Crippen LogP contribution < -0.4 is 10.1 Å². The zero-order valence-electron chi connectivity index (χ0n) is 11.0. The van der Waals surface area contributed by atoms with Crippen molar-refractivity contribution in [2.75, 3.05) is 13.7 Å². The van der Waals surface area contributed by atoms with Crippen molar-refractivity contribution in [1.82, 2.24) is 14.9 Å². The Hall–Kier alpha value is -1.33. The zero-order chi connectivity index (χ0) is 13.5. The van der Waals surface area contributed by atoms with Crippen LogP contribution in [0.4, 0.5) is 0 Å². The fraction of sp³-hybridized carbons (Fsp3) is 0.357. The van der Waals surface area contributed by atoms with Crippen LogP contribution in [0.2, 0.25) is 0 Å². The van der Waals surface area contributed by atoms with Crippen LogP contribution in [0.3, 0.4) is 0 Å². The number of aryl methyl sites for hydroxylation is 1. The van der Waals surface area contributed by atoms with E-state index >= 15 is 0 Å². The zero-order valence-corrected chi connectivity index (χ0v) is 12.6. The minimum absolute atomic E-state index is 0.692. The highest BCUT2D eigenvalue weighted by Crippen LogP contribution is 2.29. The Morgan fingerprint density at radius 1 is 1.42 bits per heavy atom. The van der Waals surface area contributed by atoms with Gasteiger partial charge in [0.15, 0.2) is 0 Å². The third-order valence-electron chi connectivity index (χ3n) is 2.78. The van der Waals surface area contributed by atoms with Crippen LogP contribution in [0.25, 0.3) is 0 Å². The summed E-state index contributed by atoms with van der Waals surface area (Å²) in [4.78, 5) is 4.02. The minimum atomic E-state index is 0.692. The van der Waals surface area contributed by atoms with Crippen LogP contribution in [0.1, 0.15) is 12.0 Å². The molecular formula is C14H18BrN3O. The van der Waals surface area contributed by atoms with Crippen LogP contribution in [-0.2, 0) is 13.1 Å². The third kappa shape index (κ3) is 4.08. The van der Waals surface area contributed by atoms with Crippen molar-refractivity contribution in [3.63, 3.8) is 0 Å². The lowest BCUT2D eigenvalue weighted by atomic mass is 10.2. The first-order valence-corrected chi connectivity index (χ1v) is 7.11. The lowest BCUT2D eigenvalue weighted by Crippen LogP contribution is -2.09. The van der Waals surface area contributed by atoms with Crippen LogP contribution >= 0.6 is 15.9 Å². The summed E-state index contributed by atoms with van der Waals surface area (Å²) in [6, 6.07) is 6.10. The van der Waals surface area contributed by atoms with E-state index in [-0.39, 0.29) is 0 Å². The van der Waals surface area contributed by atoms with Crippen molar-refractivity contribution in [2.45, 2.75) is 19.5 Å². The Balaban J connectivity index is 1.88. The van der Waals surface area contributed by atoms with Crippen molar-refractivity contribution in [1.29, 1.82) is 0 Å². The van der Waals surface area contributed by atoms with E-state index in [0.717, 1.165) is 29.7 Å². The van der Waals surface area contributed by atoms with Crippen LogP contribution in [0.15, 0.2) is 41.4 Å². The Kier molecular flexibility index (Phi) is 5.42. The lowest BCUT2D eigenvalue weighted by molar-refractivity contribution is 0.296. The van der Waals surface area contributed by atoms with E-state index in [2.05, 4.69) is 36.9 Å². The van der Waals surface area contributed by atoms with Crippen molar-refractivity contribution in [3.8, 4) is 5.75 Å². The first-order chi connectivity index (χ1) is 9.31. The molecular weight excluding hydrogens is 306 g/mol. The van der Waals surface area contributed by atoms with Gasteiger partial charge in [-0.3, -0.25) is 0 Å². The van der Waals surface area contributed by atoms with Gasteiger partial charge in [-0.1, -0.05) is 12.1 Å². The average molecular weight is 324 g/mol. The molecule has 2 rings (SSSR count). The smallest absolute Gasteiger partial charge is 0.137 e. The highest BCUT2D eigenvalue weighted by atomic mass is 79.9. The predicted molar refractivity (Wildman–Crippen MR) is 79.2 cm³/mol. The number of hydrogen-bond acceptors (Lipinski definition) is 3. The molecule has 0 unspecified atom stereocenters. The summed E-state index contributed by atoms with van der Waals surface area (Å²) in [5.74, 6) is 0.933. The Labute approximate surface area is 121 Å². The van der Waals surface area contributed by atoms with Gasteiger partial charge in [0.1, 0.15) is 5.75 Å². The SMILES string of the molecule is CNCc1cccc(Br)c1OCCCn1ccnc1. The molecule has 0 fully saturated rings. The third-order valence-corrected chi connectivity index (χ3v) is 3.41. The van der Waals surface area contributed by atoms with E-state index in [1.807, 2.05) is 31.7 Å². The fourth-order valence-electron chi connectivity index (χ4n) is 1.89. The summed E-state index contributed by atoms with van der Waals surface area (Å²) >= 11 is 3.54. The lowest BCUT2D eigenvalue weighted by Gasteiger charge is -2.13. The van der Waals surface area contributed by atoms with Crippen molar-refractivity contribution < 1.29 is 4.74 Å². The minimum Gasteiger partial charge on any atom is -0.492 e.